The maximum absolute atomic E-state index is 12.8. The van der Waals surface area contributed by atoms with Gasteiger partial charge in [-0.1, -0.05) is 18.2 Å². The van der Waals surface area contributed by atoms with Gasteiger partial charge in [0.05, 0.1) is 4.90 Å². The molecule has 0 saturated heterocycles. The van der Waals surface area contributed by atoms with Gasteiger partial charge in [-0.05, 0) is 31.2 Å². The van der Waals surface area contributed by atoms with Crippen LogP contribution in [0.4, 0.5) is 5.00 Å². The Morgan fingerprint density at radius 1 is 1.25 bits per heavy atom. The Hall–Kier alpha value is -1.37. The van der Waals surface area contributed by atoms with Crippen LogP contribution in [-0.4, -0.2) is 26.9 Å². The van der Waals surface area contributed by atoms with E-state index in [1.54, 1.807) is 30.3 Å². The van der Waals surface area contributed by atoms with Gasteiger partial charge in [0.25, 0.3) is 0 Å². The van der Waals surface area contributed by atoms with Crippen molar-refractivity contribution in [3.05, 3.63) is 40.8 Å². The number of sulfone groups is 1. The van der Waals surface area contributed by atoms with E-state index in [9.17, 15) is 8.42 Å². The number of nitrogen functional groups attached to an aromatic ring is 1. The highest BCUT2D eigenvalue weighted by atomic mass is 32.2. The summed E-state index contributed by atoms with van der Waals surface area (Å²) in [5, 5.41) is 0.411. The third kappa shape index (κ3) is 2.13. The first-order chi connectivity index (χ1) is 9.50. The molecule has 3 rings (SSSR count). The molecule has 2 heterocycles. The highest BCUT2D eigenvalue weighted by Gasteiger charge is 2.30. The molecule has 2 N–H and O–H groups in total. The zero-order valence-corrected chi connectivity index (χ0v) is 12.8. The SMILES string of the molecule is CN1CCc2c(sc(N)c2S(=O)(=O)c2ccccc2)C1. The lowest BCUT2D eigenvalue weighted by Crippen LogP contribution is -2.26. The topological polar surface area (TPSA) is 63.4 Å². The van der Waals surface area contributed by atoms with Gasteiger partial charge in [0.2, 0.25) is 9.84 Å². The van der Waals surface area contributed by atoms with Crippen LogP contribution in [0.5, 0.6) is 0 Å². The Kier molecular flexibility index (Phi) is 3.32. The molecule has 0 amide bonds. The maximum atomic E-state index is 12.8. The van der Waals surface area contributed by atoms with Crippen LogP contribution >= 0.6 is 11.3 Å². The van der Waals surface area contributed by atoms with E-state index in [1.807, 2.05) is 7.05 Å². The smallest absolute Gasteiger partial charge is 0.209 e. The predicted octanol–water partition coefficient (Wildman–Crippen LogP) is 2.15. The van der Waals surface area contributed by atoms with Crippen LogP contribution < -0.4 is 5.73 Å². The van der Waals surface area contributed by atoms with Crippen LogP contribution in [0.2, 0.25) is 0 Å². The van der Waals surface area contributed by atoms with E-state index in [0.717, 1.165) is 30.0 Å². The average molecular weight is 308 g/mol. The summed E-state index contributed by atoms with van der Waals surface area (Å²) >= 11 is 1.40. The van der Waals surface area contributed by atoms with E-state index >= 15 is 0 Å². The number of fused-ring (bicyclic) bond motifs is 1. The molecule has 2 aromatic rings. The third-order valence-corrected chi connectivity index (χ3v) is 6.62. The summed E-state index contributed by atoms with van der Waals surface area (Å²) in [6.07, 6.45) is 0.737. The largest absolute Gasteiger partial charge is 0.389 e. The van der Waals surface area contributed by atoms with Crippen LogP contribution in [0.3, 0.4) is 0 Å². The average Bonchev–Trinajstić information content (AvgIpc) is 2.75. The molecule has 106 valence electrons. The molecule has 6 heteroatoms. The first kappa shape index (κ1) is 13.6. The molecule has 0 fully saturated rings. The van der Waals surface area contributed by atoms with Crippen molar-refractivity contribution < 1.29 is 8.42 Å². The summed E-state index contributed by atoms with van der Waals surface area (Å²) in [7, 11) is -1.49. The van der Waals surface area contributed by atoms with Gasteiger partial charge in [-0.3, -0.25) is 0 Å². The van der Waals surface area contributed by atoms with Gasteiger partial charge < -0.3 is 10.6 Å². The number of nitrogens with two attached hydrogens (primary N) is 1. The Morgan fingerprint density at radius 2 is 1.95 bits per heavy atom. The van der Waals surface area contributed by atoms with E-state index in [0.29, 0.717) is 14.8 Å². The summed E-state index contributed by atoms with van der Waals surface area (Å²) < 4.78 is 25.6. The fourth-order valence-corrected chi connectivity index (χ4v) is 5.71. The van der Waals surface area contributed by atoms with Gasteiger partial charge in [-0.25, -0.2) is 8.42 Å². The molecule has 0 saturated carbocycles. The van der Waals surface area contributed by atoms with Gasteiger partial charge in [0, 0.05) is 18.0 Å². The lowest BCUT2D eigenvalue weighted by Gasteiger charge is -2.22. The van der Waals surface area contributed by atoms with E-state index in [1.165, 1.54) is 11.3 Å². The van der Waals surface area contributed by atoms with Crippen LogP contribution in [0.1, 0.15) is 10.4 Å². The number of anilines is 1. The second kappa shape index (κ2) is 4.87. The summed E-state index contributed by atoms with van der Waals surface area (Å²) in [6.45, 7) is 1.63. The van der Waals surface area contributed by atoms with Gasteiger partial charge >= 0.3 is 0 Å². The normalized spacial score (nSPS) is 16.1. The van der Waals surface area contributed by atoms with Crippen LogP contribution in [-0.2, 0) is 22.8 Å². The van der Waals surface area contributed by atoms with E-state index in [4.69, 9.17) is 5.73 Å². The Bertz CT molecular complexity index is 736. The summed E-state index contributed by atoms with van der Waals surface area (Å²) in [6, 6.07) is 8.51. The summed E-state index contributed by atoms with van der Waals surface area (Å²) in [5.74, 6) is 0. The third-order valence-electron chi connectivity index (χ3n) is 3.55. The van der Waals surface area contributed by atoms with Crippen molar-refractivity contribution in [3.8, 4) is 0 Å². The number of hydrogen-bond donors (Lipinski definition) is 1. The molecule has 0 bridgehead atoms. The monoisotopic (exact) mass is 308 g/mol. The number of hydrogen-bond acceptors (Lipinski definition) is 5. The Balaban J connectivity index is 2.16. The minimum atomic E-state index is -3.52. The molecule has 0 radical (unpaired) electrons. The van der Waals surface area contributed by atoms with Crippen molar-refractivity contribution in [2.24, 2.45) is 0 Å². The van der Waals surface area contributed by atoms with Crippen molar-refractivity contribution in [3.63, 3.8) is 0 Å². The molecule has 0 spiro atoms. The number of likely N-dealkylation sites (N-methyl/N-ethyl adjacent to an activating group) is 1. The second-order valence-electron chi connectivity index (χ2n) is 5.00. The first-order valence-electron chi connectivity index (χ1n) is 6.39. The van der Waals surface area contributed by atoms with Crippen LogP contribution in [0.15, 0.2) is 40.1 Å². The predicted molar refractivity (Wildman–Crippen MR) is 80.7 cm³/mol. The standard InChI is InChI=1S/C14H16N2O2S2/c1-16-8-7-11-12(9-16)19-14(15)13(11)20(17,18)10-5-3-2-4-6-10/h2-6H,7-9,15H2,1H3. The van der Waals surface area contributed by atoms with Gasteiger partial charge in [0.15, 0.2) is 0 Å². The molecular weight excluding hydrogens is 292 g/mol. The second-order valence-corrected chi connectivity index (χ2v) is 8.02. The highest BCUT2D eigenvalue weighted by molar-refractivity contribution is 7.92. The van der Waals surface area contributed by atoms with Crippen molar-refractivity contribution in [2.75, 3.05) is 19.3 Å². The van der Waals surface area contributed by atoms with Crippen LogP contribution in [0, 0.1) is 0 Å². The zero-order valence-electron chi connectivity index (χ0n) is 11.2. The lowest BCUT2D eigenvalue weighted by molar-refractivity contribution is 0.315. The lowest BCUT2D eigenvalue weighted by atomic mass is 10.1. The fraction of sp³-hybridized carbons (Fsp3) is 0.286. The number of rotatable bonds is 2. The van der Waals surface area contributed by atoms with Gasteiger partial charge in [0.1, 0.15) is 9.90 Å². The van der Waals surface area contributed by atoms with E-state index < -0.39 is 9.84 Å². The maximum Gasteiger partial charge on any atom is 0.209 e. The molecular formula is C14H16N2O2S2. The van der Waals surface area contributed by atoms with Crippen LogP contribution in [0.25, 0.3) is 0 Å². The highest BCUT2D eigenvalue weighted by Crippen LogP contribution is 2.40. The molecule has 1 aliphatic heterocycles. The molecule has 0 atom stereocenters. The molecule has 0 aliphatic carbocycles. The number of nitrogens with zero attached hydrogens (tertiary/aromatic N) is 1. The van der Waals surface area contributed by atoms with Gasteiger partial charge in [-0.2, -0.15) is 0 Å². The molecule has 4 nitrogen and oxygen atoms in total. The molecule has 1 aliphatic rings. The van der Waals surface area contributed by atoms with Crippen molar-refractivity contribution in [1.29, 1.82) is 0 Å². The van der Waals surface area contributed by atoms with E-state index in [2.05, 4.69) is 4.90 Å². The fourth-order valence-electron chi connectivity index (χ4n) is 2.54. The number of thiophene rings is 1. The van der Waals surface area contributed by atoms with Crippen molar-refractivity contribution in [2.45, 2.75) is 22.8 Å². The molecule has 1 aromatic carbocycles. The van der Waals surface area contributed by atoms with Crippen molar-refractivity contribution >= 4 is 26.2 Å². The minimum absolute atomic E-state index is 0.311. The van der Waals surface area contributed by atoms with E-state index in [-0.39, 0.29) is 0 Å². The number of benzene rings is 1. The van der Waals surface area contributed by atoms with Crippen molar-refractivity contribution in [1.82, 2.24) is 4.90 Å². The molecule has 20 heavy (non-hydrogen) atoms. The van der Waals surface area contributed by atoms with Gasteiger partial charge in [-0.15, -0.1) is 11.3 Å². The molecule has 0 unspecified atom stereocenters. The quantitative estimate of drug-likeness (QED) is 0.923. The Labute approximate surface area is 122 Å². The Morgan fingerprint density at radius 3 is 2.65 bits per heavy atom. The zero-order chi connectivity index (χ0) is 14.3. The molecule has 1 aromatic heterocycles. The summed E-state index contributed by atoms with van der Waals surface area (Å²) in [5.41, 5.74) is 6.92. The first-order valence-corrected chi connectivity index (χ1v) is 8.69. The minimum Gasteiger partial charge on any atom is -0.389 e. The summed E-state index contributed by atoms with van der Waals surface area (Å²) in [4.78, 5) is 3.89.